The summed E-state index contributed by atoms with van der Waals surface area (Å²) in [6, 6.07) is -0.289. The van der Waals surface area contributed by atoms with E-state index in [2.05, 4.69) is 30.7 Å². The van der Waals surface area contributed by atoms with Gasteiger partial charge in [0.25, 0.3) is 0 Å². The maximum Gasteiger partial charge on any atom is 0.314 e. The lowest BCUT2D eigenvalue weighted by Crippen LogP contribution is -2.39. The highest BCUT2D eigenvalue weighted by atomic mass is 16.6. The number of rotatable bonds is 36. The lowest BCUT2D eigenvalue weighted by atomic mass is 10.6. The number of hydrogen-bond acceptors (Lipinski definition) is 13. The molecule has 0 radical (unpaired) electrons. The molecule has 19 nitrogen and oxygen atoms in total. The fourth-order valence-electron chi connectivity index (χ4n) is 2.80. The molecule has 0 unspecified atom stereocenters. The smallest absolute Gasteiger partial charge is 0.314 e. The van der Waals surface area contributed by atoms with Crippen LogP contribution >= 0.6 is 0 Å². The second kappa shape index (κ2) is 38.5. The molecule has 0 spiro atoms. The Balaban J connectivity index is 3.16. The summed E-state index contributed by atoms with van der Waals surface area (Å²) >= 11 is 0. The van der Waals surface area contributed by atoms with Crippen LogP contribution in [0.15, 0.2) is 10.2 Å². The van der Waals surface area contributed by atoms with Gasteiger partial charge in [-0.2, -0.15) is 0 Å². The first kappa shape index (κ1) is 41.5. The Morgan fingerprint density at radius 3 is 0.886 bits per heavy atom. The molecule has 0 aliphatic rings. The van der Waals surface area contributed by atoms with E-state index in [0.717, 1.165) is 0 Å². The van der Waals surface area contributed by atoms with Crippen molar-refractivity contribution in [2.75, 3.05) is 158 Å². The molecule has 0 aromatic carbocycles. The van der Waals surface area contributed by atoms with E-state index in [1.165, 1.54) is 0 Å². The van der Waals surface area contributed by atoms with Crippen LogP contribution in [0.2, 0.25) is 0 Å². The van der Waals surface area contributed by atoms with Crippen LogP contribution < -0.4 is 10.6 Å². The lowest BCUT2D eigenvalue weighted by Gasteiger charge is -2.10. The molecule has 0 aliphatic heterocycles. The van der Waals surface area contributed by atoms with Crippen LogP contribution in [-0.2, 0) is 47.4 Å². The van der Waals surface area contributed by atoms with Crippen molar-refractivity contribution in [3.8, 4) is 0 Å². The van der Waals surface area contributed by atoms with Crippen molar-refractivity contribution in [3.05, 3.63) is 20.9 Å². The Labute approximate surface area is 258 Å². The number of urea groups is 1. The molecule has 256 valence electrons. The third-order valence-corrected chi connectivity index (χ3v) is 4.84. The molecular weight excluding hydrogens is 588 g/mol. The zero-order valence-corrected chi connectivity index (χ0v) is 25.6. The maximum atomic E-state index is 11.7. The minimum absolute atomic E-state index is 0.289. The molecule has 0 aromatic heterocycles. The average molecular weight is 639 g/mol. The van der Waals surface area contributed by atoms with Gasteiger partial charge in [-0.05, 0) is 11.1 Å². The van der Waals surface area contributed by atoms with E-state index in [1.807, 2.05) is 0 Å². The number of carbonyl (C=O) groups is 1. The first-order valence-corrected chi connectivity index (χ1v) is 14.6. The summed E-state index contributed by atoms with van der Waals surface area (Å²) in [4.78, 5) is 17.0. The monoisotopic (exact) mass is 638 g/mol. The van der Waals surface area contributed by atoms with Gasteiger partial charge in [-0.1, -0.05) is 10.2 Å². The summed E-state index contributed by atoms with van der Waals surface area (Å²) < 4.78 is 53.5. The lowest BCUT2D eigenvalue weighted by molar-refractivity contribution is -0.0103. The largest absolute Gasteiger partial charge is 0.379 e. The Kier molecular flexibility index (Phi) is 36.3. The summed E-state index contributed by atoms with van der Waals surface area (Å²) in [6.45, 7) is 10.1. The van der Waals surface area contributed by atoms with Gasteiger partial charge in [0.2, 0.25) is 0 Å². The van der Waals surface area contributed by atoms with Crippen molar-refractivity contribution in [2.45, 2.75) is 0 Å². The van der Waals surface area contributed by atoms with Crippen LogP contribution in [0.1, 0.15) is 0 Å². The second-order valence-corrected chi connectivity index (χ2v) is 8.22. The highest BCUT2D eigenvalue weighted by Gasteiger charge is 1.99. The van der Waals surface area contributed by atoms with E-state index in [-0.39, 0.29) is 6.03 Å². The molecule has 0 fully saturated rings. The maximum absolute atomic E-state index is 11.7. The normalized spacial score (nSPS) is 10.7. The molecule has 0 rings (SSSR count). The SMILES string of the molecule is [N-]=[N+]=NCCOCCOCCOCCOCCOCCNC(=O)NCCOCCOCCOCCOCCOCCN=[N+]=[N-]. The summed E-state index contributed by atoms with van der Waals surface area (Å²) in [5.41, 5.74) is 16.3. The van der Waals surface area contributed by atoms with Gasteiger partial charge < -0.3 is 58.0 Å². The van der Waals surface area contributed by atoms with Gasteiger partial charge in [0.1, 0.15) is 0 Å². The molecule has 0 bridgehead atoms. The van der Waals surface area contributed by atoms with Crippen molar-refractivity contribution in [3.63, 3.8) is 0 Å². The fourth-order valence-corrected chi connectivity index (χ4v) is 2.80. The minimum atomic E-state index is -0.289. The molecule has 0 saturated heterocycles. The average Bonchev–Trinajstić information content (AvgIpc) is 3.03. The van der Waals surface area contributed by atoms with Crippen LogP contribution in [0.5, 0.6) is 0 Å². The number of carbonyl (C=O) groups excluding carboxylic acids is 1. The van der Waals surface area contributed by atoms with Crippen LogP contribution in [0.4, 0.5) is 4.79 Å². The molecule has 0 aromatic rings. The first-order chi connectivity index (χ1) is 21.8. The summed E-state index contributed by atoms with van der Waals surface area (Å²) in [6.07, 6.45) is 0. The van der Waals surface area contributed by atoms with Crippen LogP contribution in [0, 0.1) is 0 Å². The van der Waals surface area contributed by atoms with Crippen molar-refractivity contribution in [2.24, 2.45) is 10.2 Å². The van der Waals surface area contributed by atoms with Crippen molar-refractivity contribution in [1.29, 1.82) is 0 Å². The number of ether oxygens (including phenoxy) is 10. The Morgan fingerprint density at radius 1 is 0.409 bits per heavy atom. The molecule has 0 atom stereocenters. The predicted octanol–water partition coefficient (Wildman–Crippen LogP) is 1.07. The van der Waals surface area contributed by atoms with Gasteiger partial charge in [-0.3, -0.25) is 0 Å². The first-order valence-electron chi connectivity index (χ1n) is 14.6. The summed E-state index contributed by atoms with van der Waals surface area (Å²) in [5, 5.41) is 12.1. The third kappa shape index (κ3) is 37.5. The molecule has 2 amide bonds. The Bertz CT molecular complexity index is 662. The van der Waals surface area contributed by atoms with E-state index < -0.39 is 0 Å². The van der Waals surface area contributed by atoms with Crippen LogP contribution in [-0.4, -0.2) is 164 Å². The zero-order chi connectivity index (χ0) is 31.9. The molecular formula is C25H50N8O11. The van der Waals surface area contributed by atoms with Gasteiger partial charge in [-0.15, -0.1) is 0 Å². The fraction of sp³-hybridized carbons (Fsp3) is 0.960. The summed E-state index contributed by atoms with van der Waals surface area (Å²) in [7, 11) is 0. The van der Waals surface area contributed by atoms with Gasteiger partial charge >= 0.3 is 6.03 Å². The number of azide groups is 2. The van der Waals surface area contributed by atoms with Crippen molar-refractivity contribution in [1.82, 2.24) is 10.6 Å². The summed E-state index contributed by atoms with van der Waals surface area (Å²) in [5.74, 6) is 0. The minimum Gasteiger partial charge on any atom is -0.379 e. The van der Waals surface area contributed by atoms with E-state index in [9.17, 15) is 4.79 Å². The standard InChI is InChI=1S/C25H50N8O11/c26-32-30-3-7-37-11-15-41-19-23-43-21-17-39-13-9-35-5-1-28-25(34)29-2-6-36-10-14-40-18-22-44-24-20-42-16-12-38-8-4-31-33-27/h1-24H2,(H2,28,29,34). The Hall–Kier alpha value is -2.51. The van der Waals surface area contributed by atoms with Crippen LogP contribution in [0.25, 0.3) is 20.9 Å². The molecule has 44 heavy (non-hydrogen) atoms. The van der Waals surface area contributed by atoms with Crippen LogP contribution in [0.3, 0.4) is 0 Å². The quantitative estimate of drug-likeness (QED) is 0.0426. The number of nitrogens with zero attached hydrogens (tertiary/aromatic N) is 6. The van der Waals surface area contributed by atoms with Gasteiger partial charge in [0.05, 0.1) is 132 Å². The second-order valence-electron chi connectivity index (χ2n) is 8.22. The van der Waals surface area contributed by atoms with E-state index in [4.69, 9.17) is 58.4 Å². The van der Waals surface area contributed by atoms with E-state index in [0.29, 0.717) is 158 Å². The topological polar surface area (TPSA) is 231 Å². The van der Waals surface area contributed by atoms with Crippen molar-refractivity contribution < 1.29 is 52.2 Å². The predicted molar refractivity (Wildman–Crippen MR) is 158 cm³/mol. The third-order valence-electron chi connectivity index (χ3n) is 4.84. The molecule has 0 heterocycles. The molecule has 2 N–H and O–H groups in total. The molecule has 19 heteroatoms. The number of amides is 2. The number of nitrogens with one attached hydrogen (secondary N) is 2. The zero-order valence-electron chi connectivity index (χ0n) is 25.6. The van der Waals surface area contributed by atoms with E-state index >= 15 is 0 Å². The van der Waals surface area contributed by atoms with Gasteiger partial charge in [0, 0.05) is 36.0 Å². The van der Waals surface area contributed by atoms with E-state index in [1.54, 1.807) is 0 Å². The Morgan fingerprint density at radius 2 is 0.636 bits per heavy atom. The van der Waals surface area contributed by atoms with Crippen molar-refractivity contribution >= 4 is 6.03 Å². The highest BCUT2D eigenvalue weighted by molar-refractivity contribution is 5.73. The van der Waals surface area contributed by atoms with Gasteiger partial charge in [-0.25, -0.2) is 4.79 Å². The molecule has 0 saturated carbocycles. The molecule has 0 aliphatic carbocycles. The highest BCUT2D eigenvalue weighted by Crippen LogP contribution is 1.86. The van der Waals surface area contributed by atoms with Gasteiger partial charge in [0.15, 0.2) is 0 Å². The number of hydrogen-bond donors (Lipinski definition) is 2.